The van der Waals surface area contributed by atoms with Crippen LogP contribution in [-0.4, -0.2) is 17.0 Å². The lowest BCUT2D eigenvalue weighted by atomic mass is 10.3. The van der Waals surface area contributed by atoms with Gasteiger partial charge in [0.15, 0.2) is 0 Å². The van der Waals surface area contributed by atoms with Crippen LogP contribution in [-0.2, 0) is 9.59 Å². The van der Waals surface area contributed by atoms with Crippen LogP contribution < -0.4 is 5.32 Å². The fourth-order valence-corrected chi connectivity index (χ4v) is 2.13. The molecule has 0 atom stereocenters. The zero-order valence-electron chi connectivity index (χ0n) is 7.56. The predicted molar refractivity (Wildman–Crippen MR) is 56.6 cm³/mol. The summed E-state index contributed by atoms with van der Waals surface area (Å²) in [4.78, 5) is 22.9. The highest BCUT2D eigenvalue weighted by Gasteiger charge is 2.21. The predicted octanol–water partition coefficient (Wildman–Crippen LogP) is 1.70. The Morgan fingerprint density at radius 2 is 2.13 bits per heavy atom. The van der Waals surface area contributed by atoms with Crippen LogP contribution in [0, 0.1) is 0 Å². The number of hydrogen-bond acceptors (Lipinski definition) is 3. The summed E-state index contributed by atoms with van der Waals surface area (Å²) in [6.45, 7) is 0. The Labute approximate surface area is 90.0 Å². The highest BCUT2D eigenvalue weighted by molar-refractivity contribution is 8.04. The van der Waals surface area contributed by atoms with E-state index in [-0.39, 0.29) is 10.8 Å². The van der Waals surface area contributed by atoms with Gasteiger partial charge in [0, 0.05) is 11.0 Å². The average molecular weight is 221 g/mol. The molecule has 0 aliphatic carbocycles. The number of carboxylic acid groups (broad SMARTS) is 1. The number of fused-ring (bicyclic) bond motifs is 1. The molecule has 0 unspecified atom stereocenters. The molecule has 15 heavy (non-hydrogen) atoms. The first-order valence-corrected chi connectivity index (χ1v) is 5.01. The van der Waals surface area contributed by atoms with Gasteiger partial charge in [0.1, 0.15) is 0 Å². The van der Waals surface area contributed by atoms with E-state index in [1.54, 1.807) is 6.07 Å². The number of carbonyl (C=O) groups excluding carboxylic acids is 1. The lowest BCUT2D eigenvalue weighted by molar-refractivity contribution is -0.131. The van der Waals surface area contributed by atoms with Crippen molar-refractivity contribution in [3.05, 3.63) is 35.2 Å². The standard InChI is InChI=1S/C10H7NO3S/c12-9(13)5-8-10(14)11-6-3-1-2-4-7(6)15-8/h1-5H,(H,11,14)(H,12,13). The van der Waals surface area contributed by atoms with Crippen molar-refractivity contribution in [2.24, 2.45) is 0 Å². The molecule has 0 saturated carbocycles. The molecule has 4 nitrogen and oxygen atoms in total. The summed E-state index contributed by atoms with van der Waals surface area (Å²) < 4.78 is 0. The van der Waals surface area contributed by atoms with Gasteiger partial charge in [-0.15, -0.1) is 0 Å². The third kappa shape index (κ3) is 2.02. The molecule has 0 spiro atoms. The second kappa shape index (κ2) is 3.78. The molecule has 76 valence electrons. The lowest BCUT2D eigenvalue weighted by Gasteiger charge is -2.17. The minimum Gasteiger partial charge on any atom is -0.478 e. The van der Waals surface area contributed by atoms with Gasteiger partial charge in [-0.2, -0.15) is 0 Å². The van der Waals surface area contributed by atoms with E-state index in [9.17, 15) is 9.59 Å². The molecule has 0 bridgehead atoms. The maximum absolute atomic E-state index is 11.4. The Morgan fingerprint density at radius 3 is 2.87 bits per heavy atom. The maximum atomic E-state index is 11.4. The third-order valence-corrected chi connectivity index (χ3v) is 2.93. The second-order valence-corrected chi connectivity index (χ2v) is 3.98. The van der Waals surface area contributed by atoms with Crippen LogP contribution >= 0.6 is 11.8 Å². The molecule has 0 aromatic heterocycles. The lowest BCUT2D eigenvalue weighted by Crippen LogP contribution is -2.18. The summed E-state index contributed by atoms with van der Waals surface area (Å²) in [5.74, 6) is -1.49. The number of amides is 1. The van der Waals surface area contributed by atoms with Gasteiger partial charge in [-0.3, -0.25) is 4.79 Å². The summed E-state index contributed by atoms with van der Waals surface area (Å²) in [5, 5.41) is 11.2. The topological polar surface area (TPSA) is 66.4 Å². The summed E-state index contributed by atoms with van der Waals surface area (Å²) >= 11 is 1.16. The fourth-order valence-electron chi connectivity index (χ4n) is 1.21. The van der Waals surface area contributed by atoms with Gasteiger partial charge in [0.25, 0.3) is 5.91 Å². The number of benzene rings is 1. The Bertz CT molecular complexity index is 467. The van der Waals surface area contributed by atoms with Gasteiger partial charge >= 0.3 is 5.97 Å². The van der Waals surface area contributed by atoms with E-state index in [1.165, 1.54) is 0 Å². The molecule has 0 radical (unpaired) electrons. The van der Waals surface area contributed by atoms with E-state index in [2.05, 4.69) is 5.32 Å². The van der Waals surface area contributed by atoms with Crippen molar-refractivity contribution >= 4 is 29.3 Å². The van der Waals surface area contributed by atoms with E-state index in [4.69, 9.17) is 5.11 Å². The molecule has 0 fully saturated rings. The smallest absolute Gasteiger partial charge is 0.329 e. The van der Waals surface area contributed by atoms with Crippen molar-refractivity contribution in [3.63, 3.8) is 0 Å². The number of anilines is 1. The summed E-state index contributed by atoms with van der Waals surface area (Å²) in [7, 11) is 0. The second-order valence-electron chi connectivity index (χ2n) is 2.90. The molecule has 2 rings (SSSR count). The Kier molecular flexibility index (Phi) is 2.47. The maximum Gasteiger partial charge on any atom is 0.329 e. The molecule has 1 aromatic rings. The molecular weight excluding hydrogens is 214 g/mol. The number of rotatable bonds is 1. The van der Waals surface area contributed by atoms with Crippen LogP contribution in [0.2, 0.25) is 0 Å². The van der Waals surface area contributed by atoms with E-state index >= 15 is 0 Å². The van der Waals surface area contributed by atoms with Gasteiger partial charge in [0.05, 0.1) is 10.6 Å². The Hall–Kier alpha value is -1.75. The van der Waals surface area contributed by atoms with Gasteiger partial charge in [-0.25, -0.2) is 4.79 Å². The fraction of sp³-hybridized carbons (Fsp3) is 0. The van der Waals surface area contributed by atoms with Crippen LogP contribution in [0.1, 0.15) is 0 Å². The van der Waals surface area contributed by atoms with Crippen LogP contribution in [0.3, 0.4) is 0 Å². The third-order valence-electron chi connectivity index (χ3n) is 1.83. The molecular formula is C10H7NO3S. The van der Waals surface area contributed by atoms with E-state index in [0.29, 0.717) is 0 Å². The first kappa shape index (κ1) is 9.79. The monoisotopic (exact) mass is 221 g/mol. The highest BCUT2D eigenvalue weighted by atomic mass is 32.2. The highest BCUT2D eigenvalue weighted by Crippen LogP contribution is 2.37. The first-order valence-electron chi connectivity index (χ1n) is 4.19. The van der Waals surface area contributed by atoms with Crippen molar-refractivity contribution in [1.29, 1.82) is 0 Å². The van der Waals surface area contributed by atoms with E-state index in [1.807, 2.05) is 18.2 Å². The number of hydrogen-bond donors (Lipinski definition) is 2. The van der Waals surface area contributed by atoms with Gasteiger partial charge in [0.2, 0.25) is 0 Å². The van der Waals surface area contributed by atoms with Crippen LogP contribution in [0.5, 0.6) is 0 Å². The van der Waals surface area contributed by atoms with Gasteiger partial charge in [-0.05, 0) is 12.1 Å². The van der Waals surface area contributed by atoms with Crippen LogP contribution in [0.15, 0.2) is 40.1 Å². The molecule has 1 heterocycles. The van der Waals surface area contributed by atoms with Crippen molar-refractivity contribution < 1.29 is 14.7 Å². The van der Waals surface area contributed by atoms with Gasteiger partial charge < -0.3 is 10.4 Å². The minimum atomic E-state index is -1.12. The molecule has 0 saturated heterocycles. The molecule has 1 aliphatic heterocycles. The number of nitrogens with one attached hydrogen (secondary N) is 1. The molecule has 2 N–H and O–H groups in total. The molecule has 1 aromatic carbocycles. The SMILES string of the molecule is O=C(O)C=C1Sc2ccccc2NC1=O. The van der Waals surface area contributed by atoms with Gasteiger partial charge in [-0.1, -0.05) is 23.9 Å². The number of aliphatic carboxylic acids is 1. The molecule has 1 aliphatic rings. The van der Waals surface area contributed by atoms with E-state index in [0.717, 1.165) is 28.4 Å². The van der Waals surface area contributed by atoms with Crippen molar-refractivity contribution in [3.8, 4) is 0 Å². The zero-order valence-corrected chi connectivity index (χ0v) is 8.38. The number of carbonyl (C=O) groups is 2. The van der Waals surface area contributed by atoms with Crippen molar-refractivity contribution in [2.75, 3.05) is 5.32 Å². The normalized spacial score (nSPS) is 17.1. The number of carboxylic acids is 1. The Balaban J connectivity index is 2.38. The largest absolute Gasteiger partial charge is 0.478 e. The zero-order chi connectivity index (χ0) is 10.8. The summed E-state index contributed by atoms with van der Waals surface area (Å²) in [6, 6.07) is 7.25. The average Bonchev–Trinajstić information content (AvgIpc) is 2.18. The van der Waals surface area contributed by atoms with Crippen LogP contribution in [0.25, 0.3) is 0 Å². The Morgan fingerprint density at radius 1 is 1.40 bits per heavy atom. The number of para-hydroxylation sites is 1. The van der Waals surface area contributed by atoms with Crippen LogP contribution in [0.4, 0.5) is 5.69 Å². The first-order chi connectivity index (χ1) is 7.16. The number of thioether (sulfide) groups is 1. The summed E-state index contributed by atoms with van der Waals surface area (Å²) in [6.07, 6.45) is 0.913. The minimum absolute atomic E-state index is 0.196. The quantitative estimate of drug-likeness (QED) is 0.708. The molecule has 5 heteroatoms. The van der Waals surface area contributed by atoms with Crippen molar-refractivity contribution in [1.82, 2.24) is 0 Å². The van der Waals surface area contributed by atoms with Crippen molar-refractivity contribution in [2.45, 2.75) is 4.90 Å². The summed E-state index contributed by atoms with van der Waals surface area (Å²) in [5.41, 5.74) is 0.718. The molecule has 1 amide bonds. The van der Waals surface area contributed by atoms with E-state index < -0.39 is 5.97 Å².